The van der Waals surface area contributed by atoms with Crippen LogP contribution >= 0.6 is 11.6 Å². The summed E-state index contributed by atoms with van der Waals surface area (Å²) in [6.07, 6.45) is 2.51. The molecule has 4 rings (SSSR count). The molecule has 6 heteroatoms. The van der Waals surface area contributed by atoms with Gasteiger partial charge in [0.05, 0.1) is 5.39 Å². The first-order valence-corrected chi connectivity index (χ1v) is 7.48. The second-order valence-corrected chi connectivity index (χ2v) is 5.83. The van der Waals surface area contributed by atoms with E-state index in [0.29, 0.717) is 11.5 Å². The molecule has 2 aromatic heterocycles. The zero-order valence-electron chi connectivity index (χ0n) is 11.8. The maximum Gasteiger partial charge on any atom is 0.166 e. The molecule has 0 spiro atoms. The van der Waals surface area contributed by atoms with E-state index < -0.39 is 0 Å². The van der Waals surface area contributed by atoms with Crippen molar-refractivity contribution in [2.45, 2.75) is 13.0 Å². The van der Waals surface area contributed by atoms with Crippen molar-refractivity contribution in [3.63, 3.8) is 0 Å². The second kappa shape index (κ2) is 5.10. The molecule has 5 nitrogen and oxygen atoms in total. The number of hydrogen-bond donors (Lipinski definition) is 1. The largest absolute Gasteiger partial charge is 0.384 e. The molecular weight excluding hydrogens is 298 g/mol. The van der Waals surface area contributed by atoms with Gasteiger partial charge in [0.1, 0.15) is 18.0 Å². The SMILES string of the molecule is Nc1ccc2c(N3CCc4ccc(Cl)cc4C3)ncnc2n1. The van der Waals surface area contributed by atoms with E-state index in [2.05, 4.69) is 25.9 Å². The molecule has 1 aliphatic rings. The van der Waals surface area contributed by atoms with Gasteiger partial charge in [-0.25, -0.2) is 15.0 Å². The fourth-order valence-electron chi connectivity index (χ4n) is 2.90. The van der Waals surface area contributed by atoms with E-state index in [4.69, 9.17) is 17.3 Å². The average molecular weight is 312 g/mol. The maximum absolute atomic E-state index is 6.11. The lowest BCUT2D eigenvalue weighted by molar-refractivity contribution is 0.723. The summed E-state index contributed by atoms with van der Waals surface area (Å²) < 4.78 is 0. The van der Waals surface area contributed by atoms with E-state index in [9.17, 15) is 0 Å². The molecule has 3 heterocycles. The number of benzene rings is 1. The molecule has 1 aromatic carbocycles. The number of fused-ring (bicyclic) bond motifs is 2. The smallest absolute Gasteiger partial charge is 0.166 e. The van der Waals surface area contributed by atoms with Crippen LogP contribution in [0, 0.1) is 0 Å². The van der Waals surface area contributed by atoms with Crippen molar-refractivity contribution < 1.29 is 0 Å². The Bertz CT molecular complexity index is 864. The highest BCUT2D eigenvalue weighted by atomic mass is 35.5. The van der Waals surface area contributed by atoms with Gasteiger partial charge in [-0.15, -0.1) is 0 Å². The maximum atomic E-state index is 6.11. The first kappa shape index (κ1) is 13.3. The quantitative estimate of drug-likeness (QED) is 0.748. The Balaban J connectivity index is 1.77. The van der Waals surface area contributed by atoms with Gasteiger partial charge in [0, 0.05) is 18.1 Å². The Morgan fingerprint density at radius 1 is 1.09 bits per heavy atom. The molecule has 0 bridgehead atoms. The number of aromatic nitrogens is 3. The minimum Gasteiger partial charge on any atom is -0.384 e. The molecule has 0 fully saturated rings. The van der Waals surface area contributed by atoms with Crippen molar-refractivity contribution in [3.05, 3.63) is 52.8 Å². The summed E-state index contributed by atoms with van der Waals surface area (Å²) in [5, 5.41) is 1.68. The first-order chi connectivity index (χ1) is 10.7. The van der Waals surface area contributed by atoms with Crippen LogP contribution in [0.1, 0.15) is 11.1 Å². The van der Waals surface area contributed by atoms with Crippen molar-refractivity contribution in [1.82, 2.24) is 15.0 Å². The molecule has 2 N–H and O–H groups in total. The van der Waals surface area contributed by atoms with Gasteiger partial charge in [-0.2, -0.15) is 0 Å². The number of pyridine rings is 1. The van der Waals surface area contributed by atoms with E-state index in [0.717, 1.165) is 35.7 Å². The van der Waals surface area contributed by atoms with E-state index in [-0.39, 0.29) is 0 Å². The molecule has 0 atom stereocenters. The van der Waals surface area contributed by atoms with Gasteiger partial charge in [0.15, 0.2) is 5.65 Å². The molecule has 22 heavy (non-hydrogen) atoms. The van der Waals surface area contributed by atoms with Gasteiger partial charge in [0.25, 0.3) is 0 Å². The highest BCUT2D eigenvalue weighted by molar-refractivity contribution is 6.30. The van der Waals surface area contributed by atoms with Gasteiger partial charge < -0.3 is 10.6 Å². The van der Waals surface area contributed by atoms with Gasteiger partial charge in [-0.1, -0.05) is 17.7 Å². The summed E-state index contributed by atoms with van der Waals surface area (Å²) in [4.78, 5) is 15.2. The Labute approximate surface area is 132 Å². The number of rotatable bonds is 1. The molecule has 0 saturated carbocycles. The normalized spacial score (nSPS) is 14.1. The monoisotopic (exact) mass is 311 g/mol. The summed E-state index contributed by atoms with van der Waals surface area (Å²) in [6, 6.07) is 9.80. The summed E-state index contributed by atoms with van der Waals surface area (Å²) >= 11 is 6.11. The van der Waals surface area contributed by atoms with Gasteiger partial charge >= 0.3 is 0 Å². The third-order valence-electron chi connectivity index (χ3n) is 3.98. The first-order valence-electron chi connectivity index (χ1n) is 7.10. The van der Waals surface area contributed by atoms with Crippen molar-refractivity contribution in [2.75, 3.05) is 17.2 Å². The number of halogens is 1. The van der Waals surface area contributed by atoms with E-state index in [1.54, 1.807) is 6.07 Å². The Kier molecular flexibility index (Phi) is 3.08. The standard InChI is InChI=1S/C16H14ClN5/c17-12-2-1-10-5-6-22(8-11(10)7-12)16-13-3-4-14(18)21-15(13)19-9-20-16/h1-4,7,9H,5-6,8H2,(H2,18,19,20,21). The van der Waals surface area contributed by atoms with Crippen LogP contribution in [-0.4, -0.2) is 21.5 Å². The van der Waals surface area contributed by atoms with Crippen LogP contribution in [0.4, 0.5) is 11.6 Å². The summed E-state index contributed by atoms with van der Waals surface area (Å²) in [7, 11) is 0. The molecular formula is C16H14ClN5. The molecule has 0 saturated heterocycles. The average Bonchev–Trinajstić information content (AvgIpc) is 2.53. The zero-order chi connectivity index (χ0) is 15.1. The van der Waals surface area contributed by atoms with E-state index in [1.165, 1.54) is 17.5 Å². The number of nitrogens with zero attached hydrogens (tertiary/aromatic N) is 4. The van der Waals surface area contributed by atoms with Crippen molar-refractivity contribution in [1.29, 1.82) is 0 Å². The topological polar surface area (TPSA) is 67.9 Å². The molecule has 110 valence electrons. The van der Waals surface area contributed by atoms with Crippen LogP contribution in [0.5, 0.6) is 0 Å². The number of anilines is 2. The summed E-state index contributed by atoms with van der Waals surface area (Å²) in [6.45, 7) is 1.69. The van der Waals surface area contributed by atoms with Crippen LogP contribution in [-0.2, 0) is 13.0 Å². The number of nitrogens with two attached hydrogens (primary N) is 1. The van der Waals surface area contributed by atoms with Gasteiger partial charge in [-0.3, -0.25) is 0 Å². The van der Waals surface area contributed by atoms with Crippen molar-refractivity contribution in [2.24, 2.45) is 0 Å². The Hall–Kier alpha value is -2.40. The molecule has 0 radical (unpaired) electrons. The lowest BCUT2D eigenvalue weighted by Crippen LogP contribution is -2.31. The lowest BCUT2D eigenvalue weighted by Gasteiger charge is -2.30. The van der Waals surface area contributed by atoms with Gasteiger partial charge in [0.2, 0.25) is 0 Å². The van der Waals surface area contributed by atoms with Crippen LogP contribution < -0.4 is 10.6 Å². The molecule has 1 aliphatic heterocycles. The molecule has 0 aliphatic carbocycles. The predicted molar refractivity (Wildman–Crippen MR) is 88.0 cm³/mol. The van der Waals surface area contributed by atoms with Crippen LogP contribution in [0.15, 0.2) is 36.7 Å². The minimum absolute atomic E-state index is 0.466. The highest BCUT2D eigenvalue weighted by Crippen LogP contribution is 2.29. The fraction of sp³-hybridized carbons (Fsp3) is 0.188. The molecule has 0 amide bonds. The predicted octanol–water partition coefficient (Wildman–Crippen LogP) is 2.82. The fourth-order valence-corrected chi connectivity index (χ4v) is 3.10. The molecule has 0 unspecified atom stereocenters. The van der Waals surface area contributed by atoms with E-state index >= 15 is 0 Å². The van der Waals surface area contributed by atoms with Crippen LogP contribution in [0.3, 0.4) is 0 Å². The number of hydrogen-bond acceptors (Lipinski definition) is 5. The van der Waals surface area contributed by atoms with Crippen LogP contribution in [0.2, 0.25) is 5.02 Å². The summed E-state index contributed by atoms with van der Waals surface area (Å²) in [5.41, 5.74) is 8.95. The second-order valence-electron chi connectivity index (χ2n) is 5.39. The Morgan fingerprint density at radius 2 is 2.00 bits per heavy atom. The van der Waals surface area contributed by atoms with Crippen molar-refractivity contribution in [3.8, 4) is 0 Å². The van der Waals surface area contributed by atoms with E-state index in [1.807, 2.05) is 18.2 Å². The highest BCUT2D eigenvalue weighted by Gasteiger charge is 2.20. The summed E-state index contributed by atoms with van der Waals surface area (Å²) in [5.74, 6) is 1.36. The number of nitrogen functional groups attached to an aromatic ring is 1. The van der Waals surface area contributed by atoms with Gasteiger partial charge in [-0.05, 0) is 41.8 Å². The minimum atomic E-state index is 0.466. The van der Waals surface area contributed by atoms with Crippen molar-refractivity contribution >= 4 is 34.3 Å². The third-order valence-corrected chi connectivity index (χ3v) is 4.21. The lowest BCUT2D eigenvalue weighted by atomic mass is 10.00. The Morgan fingerprint density at radius 3 is 2.91 bits per heavy atom. The zero-order valence-corrected chi connectivity index (χ0v) is 12.6. The third kappa shape index (κ3) is 2.23. The molecule has 3 aromatic rings. The van der Waals surface area contributed by atoms with Crippen LogP contribution in [0.25, 0.3) is 11.0 Å².